The third kappa shape index (κ3) is 5.45. The van der Waals surface area contributed by atoms with E-state index in [1.165, 1.54) is 23.2 Å². The largest absolute Gasteiger partial charge is 0.489 e. The Morgan fingerprint density at radius 3 is 2.75 bits per heavy atom. The van der Waals surface area contributed by atoms with Gasteiger partial charge in [-0.25, -0.2) is 9.37 Å². The van der Waals surface area contributed by atoms with Crippen LogP contribution in [0.3, 0.4) is 0 Å². The molecule has 0 aliphatic carbocycles. The highest BCUT2D eigenvalue weighted by Crippen LogP contribution is 2.26. The molecular weight excluding hydrogens is 461 g/mol. The van der Waals surface area contributed by atoms with Gasteiger partial charge in [0.15, 0.2) is 0 Å². The third-order valence-corrected chi connectivity index (χ3v) is 6.01. The predicted octanol–water partition coefficient (Wildman–Crippen LogP) is 3.92. The van der Waals surface area contributed by atoms with Crippen molar-refractivity contribution in [1.82, 2.24) is 14.1 Å². The summed E-state index contributed by atoms with van der Waals surface area (Å²) in [5, 5.41) is 19.5. The molecule has 4 aromatic rings. The average molecular weight is 488 g/mol. The number of amides is 1. The molecule has 2 heterocycles. The highest BCUT2D eigenvalue weighted by molar-refractivity contribution is 5.90. The first-order chi connectivity index (χ1) is 17.4. The predicted molar refractivity (Wildman–Crippen MR) is 131 cm³/mol. The van der Waals surface area contributed by atoms with Crippen LogP contribution in [0.25, 0.3) is 5.69 Å². The molecule has 36 heavy (non-hydrogen) atoms. The fourth-order valence-corrected chi connectivity index (χ4v) is 4.12. The molecule has 9 heteroatoms. The monoisotopic (exact) mass is 487 g/mol. The lowest BCUT2D eigenvalue weighted by Crippen LogP contribution is -2.21. The molecule has 0 aliphatic heterocycles. The second-order valence-corrected chi connectivity index (χ2v) is 8.47. The Balaban J connectivity index is 1.44. The SMILES string of the molecule is CC(O)C(CCc1ccccc1OCc1ccc(-n2cccc2C#N)c(F)c1)n1cnc(C(N)=O)c1. The van der Waals surface area contributed by atoms with Crippen LogP contribution in [0.1, 0.15) is 46.7 Å². The van der Waals surface area contributed by atoms with Gasteiger partial charge in [0.25, 0.3) is 5.91 Å². The summed E-state index contributed by atoms with van der Waals surface area (Å²) in [6, 6.07) is 17.4. The number of hydrogen-bond acceptors (Lipinski definition) is 5. The van der Waals surface area contributed by atoms with Crippen molar-refractivity contribution in [3.05, 3.63) is 102 Å². The number of carbonyl (C=O) groups excluding carboxylic acids is 1. The number of primary amides is 1. The molecule has 0 aliphatic rings. The molecule has 3 N–H and O–H groups in total. The van der Waals surface area contributed by atoms with E-state index in [2.05, 4.69) is 4.98 Å². The number of ether oxygens (including phenoxy) is 1. The van der Waals surface area contributed by atoms with Gasteiger partial charge in [0.1, 0.15) is 35.6 Å². The van der Waals surface area contributed by atoms with Gasteiger partial charge in [0.2, 0.25) is 0 Å². The summed E-state index contributed by atoms with van der Waals surface area (Å²) in [6.07, 6.45) is 5.14. The fraction of sp³-hybridized carbons (Fsp3) is 0.222. The Hall–Kier alpha value is -4.42. The normalized spacial score (nSPS) is 12.6. The fourth-order valence-electron chi connectivity index (χ4n) is 4.12. The lowest BCUT2D eigenvalue weighted by atomic mass is 10.0. The topological polar surface area (TPSA) is 119 Å². The average Bonchev–Trinajstić information content (AvgIpc) is 3.53. The number of nitrogens with zero attached hydrogens (tertiary/aromatic N) is 4. The number of aliphatic hydroxyl groups is 1. The van der Waals surface area contributed by atoms with E-state index in [1.807, 2.05) is 30.3 Å². The van der Waals surface area contributed by atoms with E-state index < -0.39 is 17.8 Å². The maximum absolute atomic E-state index is 14.8. The number of aryl methyl sites for hydroxylation is 1. The van der Waals surface area contributed by atoms with Crippen LogP contribution in [0.15, 0.2) is 73.3 Å². The van der Waals surface area contributed by atoms with Gasteiger partial charge < -0.3 is 24.7 Å². The number of halogens is 1. The molecule has 0 saturated carbocycles. The minimum Gasteiger partial charge on any atom is -0.489 e. The van der Waals surface area contributed by atoms with Crippen LogP contribution in [0.5, 0.6) is 5.75 Å². The number of nitriles is 1. The Kier molecular flexibility index (Phi) is 7.47. The van der Waals surface area contributed by atoms with Crippen LogP contribution in [0.2, 0.25) is 0 Å². The molecule has 184 valence electrons. The molecular formula is C27H26FN5O3. The van der Waals surface area contributed by atoms with E-state index in [-0.39, 0.29) is 18.3 Å². The highest BCUT2D eigenvalue weighted by atomic mass is 19.1. The third-order valence-electron chi connectivity index (χ3n) is 6.01. The van der Waals surface area contributed by atoms with Crippen LogP contribution in [0, 0.1) is 17.1 Å². The van der Waals surface area contributed by atoms with Crippen LogP contribution in [0.4, 0.5) is 4.39 Å². The molecule has 1 amide bonds. The van der Waals surface area contributed by atoms with Gasteiger partial charge in [-0.1, -0.05) is 24.3 Å². The zero-order valence-corrected chi connectivity index (χ0v) is 19.7. The Morgan fingerprint density at radius 1 is 1.25 bits per heavy atom. The van der Waals surface area contributed by atoms with Gasteiger partial charge >= 0.3 is 0 Å². The molecule has 0 radical (unpaired) electrons. The van der Waals surface area contributed by atoms with Crippen molar-refractivity contribution in [2.75, 3.05) is 0 Å². The summed E-state index contributed by atoms with van der Waals surface area (Å²) in [4.78, 5) is 15.4. The maximum Gasteiger partial charge on any atom is 0.268 e. The number of benzene rings is 2. The van der Waals surface area contributed by atoms with Crippen molar-refractivity contribution in [2.45, 2.75) is 38.5 Å². The molecule has 2 aromatic carbocycles. The van der Waals surface area contributed by atoms with Crippen molar-refractivity contribution in [2.24, 2.45) is 5.73 Å². The van der Waals surface area contributed by atoms with Crippen molar-refractivity contribution in [1.29, 1.82) is 5.26 Å². The van der Waals surface area contributed by atoms with E-state index in [4.69, 9.17) is 10.5 Å². The second-order valence-electron chi connectivity index (χ2n) is 8.47. The van der Waals surface area contributed by atoms with Gasteiger partial charge in [-0.3, -0.25) is 4.79 Å². The highest BCUT2D eigenvalue weighted by Gasteiger charge is 2.19. The number of hydrogen-bond donors (Lipinski definition) is 2. The number of nitrogens with two attached hydrogens (primary N) is 1. The quantitative estimate of drug-likeness (QED) is 0.351. The molecule has 2 atom stereocenters. The number of rotatable bonds is 10. The van der Waals surface area contributed by atoms with E-state index in [9.17, 15) is 19.6 Å². The van der Waals surface area contributed by atoms with Crippen molar-refractivity contribution < 1.29 is 19.0 Å². The summed E-state index contributed by atoms with van der Waals surface area (Å²) in [6.45, 7) is 1.84. The first-order valence-electron chi connectivity index (χ1n) is 11.5. The summed E-state index contributed by atoms with van der Waals surface area (Å²) >= 11 is 0. The standard InChI is InChI=1S/C27H26FN5O3/c1-18(34)24(32-15-23(27(30)35)31-17-32)11-9-20-5-2-3-7-26(20)36-16-19-8-10-25(22(28)13-19)33-12-4-6-21(33)14-29/h2-8,10,12-13,15,17-18,24,34H,9,11,16H2,1H3,(H2,30,35). The van der Waals surface area contributed by atoms with Crippen LogP contribution >= 0.6 is 0 Å². The molecule has 2 aromatic heterocycles. The van der Waals surface area contributed by atoms with E-state index in [0.29, 0.717) is 35.5 Å². The Morgan fingerprint density at radius 2 is 2.06 bits per heavy atom. The summed E-state index contributed by atoms with van der Waals surface area (Å²) in [5.41, 5.74) is 7.66. The van der Waals surface area contributed by atoms with Gasteiger partial charge in [0, 0.05) is 12.4 Å². The zero-order valence-electron chi connectivity index (χ0n) is 19.7. The zero-order chi connectivity index (χ0) is 25.7. The molecule has 8 nitrogen and oxygen atoms in total. The smallest absolute Gasteiger partial charge is 0.268 e. The molecule has 2 unspecified atom stereocenters. The molecule has 4 rings (SSSR count). The number of para-hydroxylation sites is 1. The number of carbonyl (C=O) groups is 1. The van der Waals surface area contributed by atoms with Crippen molar-refractivity contribution >= 4 is 5.91 Å². The molecule has 0 spiro atoms. The van der Waals surface area contributed by atoms with Gasteiger partial charge in [-0.05, 0) is 61.2 Å². The molecule has 0 bridgehead atoms. The maximum atomic E-state index is 14.8. The number of imidazole rings is 1. The Bertz CT molecular complexity index is 1400. The lowest BCUT2D eigenvalue weighted by molar-refractivity contribution is 0.0994. The lowest BCUT2D eigenvalue weighted by Gasteiger charge is -2.22. The number of aliphatic hydroxyl groups excluding tert-OH is 1. The van der Waals surface area contributed by atoms with E-state index in [1.54, 1.807) is 42.0 Å². The van der Waals surface area contributed by atoms with Gasteiger partial charge in [-0.2, -0.15) is 5.26 Å². The summed E-state index contributed by atoms with van der Waals surface area (Å²) < 4.78 is 24.0. The van der Waals surface area contributed by atoms with Gasteiger partial charge in [0.05, 0.1) is 24.2 Å². The van der Waals surface area contributed by atoms with E-state index in [0.717, 1.165) is 5.56 Å². The summed E-state index contributed by atoms with van der Waals surface area (Å²) in [7, 11) is 0. The summed E-state index contributed by atoms with van der Waals surface area (Å²) in [5.74, 6) is -0.417. The van der Waals surface area contributed by atoms with Crippen LogP contribution in [-0.4, -0.2) is 31.2 Å². The van der Waals surface area contributed by atoms with Crippen LogP contribution < -0.4 is 10.5 Å². The van der Waals surface area contributed by atoms with E-state index >= 15 is 0 Å². The number of aromatic nitrogens is 3. The first kappa shape index (κ1) is 24.7. The molecule has 0 saturated heterocycles. The Labute approximate surface area is 208 Å². The minimum absolute atomic E-state index is 0.142. The first-order valence-corrected chi connectivity index (χ1v) is 11.5. The van der Waals surface area contributed by atoms with Gasteiger partial charge in [-0.15, -0.1) is 0 Å². The van der Waals surface area contributed by atoms with Crippen molar-refractivity contribution in [3.8, 4) is 17.5 Å². The molecule has 0 fully saturated rings. The second kappa shape index (κ2) is 10.9. The van der Waals surface area contributed by atoms with Crippen LogP contribution in [-0.2, 0) is 13.0 Å². The van der Waals surface area contributed by atoms with Crippen molar-refractivity contribution in [3.63, 3.8) is 0 Å². The minimum atomic E-state index is -0.684.